The minimum Gasteiger partial charge on any atom is -0.448 e. The molecule has 4 atom stereocenters. The number of anilines is 1. The van der Waals surface area contributed by atoms with E-state index >= 15 is 0 Å². The topological polar surface area (TPSA) is 90.9 Å². The van der Waals surface area contributed by atoms with Gasteiger partial charge in [-0.2, -0.15) is 13.2 Å². The molecule has 1 aromatic carbocycles. The van der Waals surface area contributed by atoms with Gasteiger partial charge in [0.15, 0.2) is 11.2 Å². The highest BCUT2D eigenvalue weighted by atomic mass is 35.5. The number of amides is 1. The van der Waals surface area contributed by atoms with E-state index in [9.17, 15) is 27.6 Å². The molecule has 1 N–H and O–H groups in total. The van der Waals surface area contributed by atoms with E-state index in [1.165, 1.54) is 13.0 Å². The van der Waals surface area contributed by atoms with Crippen LogP contribution in [0, 0.1) is 28.6 Å². The molecule has 1 heterocycles. The number of rotatable bonds is 5. The van der Waals surface area contributed by atoms with Gasteiger partial charge in [-0.25, -0.2) is 4.79 Å². The highest BCUT2D eigenvalue weighted by Gasteiger charge is 2.75. The second-order valence-corrected chi connectivity index (χ2v) is 11.6. The lowest BCUT2D eigenvalue weighted by atomic mass is 9.66. The van der Waals surface area contributed by atoms with Crippen molar-refractivity contribution in [1.29, 1.82) is 0 Å². The fraction of sp³-hybridized carbons (Fsp3) is 0.577. The summed E-state index contributed by atoms with van der Waals surface area (Å²) < 4.78 is 59.6. The molecule has 12 heteroatoms. The predicted molar refractivity (Wildman–Crippen MR) is 131 cm³/mol. The van der Waals surface area contributed by atoms with Gasteiger partial charge in [0.1, 0.15) is 0 Å². The number of hydrogen-bond donors (Lipinski definition) is 1. The maximum absolute atomic E-state index is 14.9. The Kier molecular flexibility index (Phi) is 6.89. The van der Waals surface area contributed by atoms with Gasteiger partial charge in [-0.15, -0.1) is 0 Å². The van der Waals surface area contributed by atoms with Crippen molar-refractivity contribution >= 4 is 46.9 Å². The van der Waals surface area contributed by atoms with Crippen LogP contribution in [-0.4, -0.2) is 35.4 Å². The second kappa shape index (κ2) is 9.23. The summed E-state index contributed by atoms with van der Waals surface area (Å²) in [6, 6.07) is 3.31. The van der Waals surface area contributed by atoms with E-state index in [4.69, 9.17) is 32.7 Å². The number of carbonyl (C=O) groups is 3. The third-order valence-corrected chi connectivity index (χ3v) is 8.31. The fourth-order valence-corrected chi connectivity index (χ4v) is 5.27. The number of carbonyl (C=O) groups excluding carboxylic acids is 3. The number of benzene rings is 1. The Balaban J connectivity index is 1.83. The van der Waals surface area contributed by atoms with Crippen molar-refractivity contribution in [2.75, 3.05) is 5.32 Å². The molecule has 0 spiro atoms. The Morgan fingerprint density at radius 1 is 1.21 bits per heavy atom. The van der Waals surface area contributed by atoms with E-state index in [-0.39, 0.29) is 23.0 Å². The standard InChI is InChI=1S/C26H26Cl2F3NO6/c1-14(27)36-21(35)38-24(26(29,30)31,10-9-15-5-6-15)17-13-16(28)7-8-18(17)32-19(33)25-12-11-23(4,20(34)37-25)22(25,2)3/h7-8,13-15H,5-6,11-12H2,1-4H3,(H,32,33)/t14?,23-,24-,25-/m0/s1. The lowest BCUT2D eigenvalue weighted by Crippen LogP contribution is -2.51. The van der Waals surface area contributed by atoms with Crippen molar-refractivity contribution in [2.45, 2.75) is 76.3 Å². The number of hydrogen-bond acceptors (Lipinski definition) is 6. The molecule has 0 aromatic heterocycles. The van der Waals surface area contributed by atoms with Gasteiger partial charge in [-0.3, -0.25) is 9.59 Å². The molecule has 2 saturated carbocycles. The first-order chi connectivity index (χ1) is 17.5. The maximum atomic E-state index is 14.9. The van der Waals surface area contributed by atoms with E-state index < -0.39 is 57.4 Å². The molecule has 38 heavy (non-hydrogen) atoms. The summed E-state index contributed by atoms with van der Waals surface area (Å²) in [7, 11) is 0. The molecule has 1 saturated heterocycles. The van der Waals surface area contributed by atoms with Crippen molar-refractivity contribution in [3.63, 3.8) is 0 Å². The first-order valence-electron chi connectivity index (χ1n) is 12.0. The summed E-state index contributed by atoms with van der Waals surface area (Å²) in [5.41, 5.74) is -9.49. The zero-order chi connectivity index (χ0) is 28.3. The second-order valence-electron chi connectivity index (χ2n) is 10.6. The van der Waals surface area contributed by atoms with E-state index in [1.807, 2.05) is 0 Å². The van der Waals surface area contributed by atoms with Crippen molar-refractivity contribution in [3.8, 4) is 11.8 Å². The Labute approximate surface area is 227 Å². The van der Waals surface area contributed by atoms with Crippen LogP contribution in [0.25, 0.3) is 0 Å². The van der Waals surface area contributed by atoms with E-state index in [0.29, 0.717) is 19.3 Å². The van der Waals surface area contributed by atoms with Crippen LogP contribution in [0.15, 0.2) is 18.2 Å². The normalized spacial score (nSPS) is 27.9. The van der Waals surface area contributed by atoms with Crippen molar-refractivity contribution in [1.82, 2.24) is 0 Å². The van der Waals surface area contributed by atoms with Crippen LogP contribution in [0.2, 0.25) is 5.02 Å². The van der Waals surface area contributed by atoms with Gasteiger partial charge < -0.3 is 19.5 Å². The van der Waals surface area contributed by atoms with Crippen LogP contribution in [0.5, 0.6) is 0 Å². The lowest BCUT2D eigenvalue weighted by Gasteiger charge is -2.36. The highest BCUT2D eigenvalue weighted by molar-refractivity contribution is 6.30. The van der Waals surface area contributed by atoms with Gasteiger partial charge in [0, 0.05) is 27.6 Å². The van der Waals surface area contributed by atoms with E-state index in [0.717, 1.165) is 12.1 Å². The Bertz CT molecular complexity index is 1250. The molecule has 3 fully saturated rings. The SMILES string of the molecule is CC(Cl)OC(=O)O[C@@](C#CC1CC1)(c1cc(Cl)ccc1NC(=O)[C@]12CC[C@@](C)(C(=O)O1)C2(C)C)C(F)(F)F. The molecule has 7 nitrogen and oxygen atoms in total. The predicted octanol–water partition coefficient (Wildman–Crippen LogP) is 6.31. The average Bonchev–Trinajstić information content (AvgIpc) is 3.57. The monoisotopic (exact) mass is 575 g/mol. The molecule has 1 aliphatic heterocycles. The molecule has 3 aliphatic rings. The zero-order valence-corrected chi connectivity index (χ0v) is 22.6. The minimum atomic E-state index is -5.29. The maximum Gasteiger partial charge on any atom is 0.511 e. The molecule has 1 aromatic rings. The van der Waals surface area contributed by atoms with E-state index in [2.05, 4.69) is 21.9 Å². The smallest absolute Gasteiger partial charge is 0.448 e. The molecular formula is C26H26Cl2F3NO6. The summed E-state index contributed by atoms with van der Waals surface area (Å²) in [4.78, 5) is 38.7. The number of esters is 1. The van der Waals surface area contributed by atoms with Crippen LogP contribution in [0.1, 0.15) is 58.9 Å². The van der Waals surface area contributed by atoms with Crippen molar-refractivity contribution in [2.24, 2.45) is 16.7 Å². The first kappa shape index (κ1) is 28.4. The van der Waals surface area contributed by atoms with Gasteiger partial charge >= 0.3 is 18.3 Å². The summed E-state index contributed by atoms with van der Waals surface area (Å²) in [6.45, 7) is 6.34. The number of halogens is 5. The first-order valence-corrected chi connectivity index (χ1v) is 12.8. The quantitative estimate of drug-likeness (QED) is 0.251. The third-order valence-electron chi connectivity index (χ3n) is 7.98. The summed E-state index contributed by atoms with van der Waals surface area (Å²) in [5.74, 6) is 2.91. The van der Waals surface area contributed by atoms with Crippen molar-refractivity contribution in [3.05, 3.63) is 28.8 Å². The molecule has 1 amide bonds. The molecule has 206 valence electrons. The average molecular weight is 576 g/mol. The van der Waals surface area contributed by atoms with Gasteiger partial charge in [0.05, 0.1) is 5.41 Å². The van der Waals surface area contributed by atoms with Gasteiger partial charge in [0.25, 0.3) is 11.5 Å². The van der Waals surface area contributed by atoms with Gasteiger partial charge in [-0.1, -0.05) is 43.0 Å². The number of ether oxygens (including phenoxy) is 3. The van der Waals surface area contributed by atoms with Crippen LogP contribution < -0.4 is 5.32 Å². The third kappa shape index (κ3) is 4.37. The van der Waals surface area contributed by atoms with Crippen LogP contribution in [0.4, 0.5) is 23.7 Å². The molecule has 2 aliphatic carbocycles. The van der Waals surface area contributed by atoms with Gasteiger partial charge in [0.2, 0.25) is 0 Å². The fourth-order valence-electron chi connectivity index (χ4n) is 5.03. The minimum absolute atomic E-state index is 0.137. The number of fused-ring (bicyclic) bond motifs is 2. The van der Waals surface area contributed by atoms with Crippen molar-refractivity contribution < 1.29 is 41.8 Å². The Morgan fingerprint density at radius 2 is 1.87 bits per heavy atom. The highest BCUT2D eigenvalue weighted by Crippen LogP contribution is 2.65. The van der Waals surface area contributed by atoms with Crippen LogP contribution in [0.3, 0.4) is 0 Å². The molecule has 2 bridgehead atoms. The largest absolute Gasteiger partial charge is 0.511 e. The van der Waals surface area contributed by atoms with E-state index in [1.54, 1.807) is 20.8 Å². The molecular weight excluding hydrogens is 550 g/mol. The number of alkyl halides is 4. The van der Waals surface area contributed by atoms with Crippen LogP contribution in [-0.2, 0) is 29.4 Å². The summed E-state index contributed by atoms with van der Waals surface area (Å²) >= 11 is 11.7. The summed E-state index contributed by atoms with van der Waals surface area (Å²) in [5, 5.41) is 2.35. The lowest BCUT2D eigenvalue weighted by molar-refractivity contribution is -0.245. The Hall–Kier alpha value is -2.64. The molecule has 4 rings (SSSR count). The zero-order valence-electron chi connectivity index (χ0n) is 21.1. The van der Waals surface area contributed by atoms with Gasteiger partial charge in [-0.05, 0) is 63.7 Å². The number of nitrogens with one attached hydrogen (secondary N) is 1. The Morgan fingerprint density at radius 3 is 2.37 bits per heavy atom. The molecule has 1 unspecified atom stereocenters. The summed E-state index contributed by atoms with van der Waals surface area (Å²) in [6.07, 6.45) is -5.29. The molecule has 0 radical (unpaired) electrons. The van der Waals surface area contributed by atoms with Crippen LogP contribution >= 0.6 is 23.2 Å².